The van der Waals surface area contributed by atoms with Gasteiger partial charge in [0.25, 0.3) is 0 Å². The summed E-state index contributed by atoms with van der Waals surface area (Å²) in [6.45, 7) is -0.377. The summed E-state index contributed by atoms with van der Waals surface area (Å²) in [5.74, 6) is -2.63. The van der Waals surface area contributed by atoms with E-state index in [2.05, 4.69) is 28.9 Å². The van der Waals surface area contributed by atoms with Crippen LogP contribution in [0.25, 0.3) is 0 Å². The summed E-state index contributed by atoms with van der Waals surface area (Å²) in [4.78, 5) is 48.3. The van der Waals surface area contributed by atoms with Gasteiger partial charge in [0.05, 0.1) is 42.0 Å². The fourth-order valence-electron chi connectivity index (χ4n) is 27.8. The molecule has 3 aromatic rings. The number of Topliss-reactive ketones (excluding diaryl/α,β-unsaturated/α-hetero) is 2. The number of aromatic hydroxyl groups is 1. The van der Waals surface area contributed by atoms with Crippen LogP contribution in [0.2, 0.25) is 0 Å². The number of aliphatic hydroxyl groups is 7. The molecule has 10 fully saturated rings. The standard InChI is InChI=1S/C82H96N2O13S2/c85-38-47-9-3-7-45(23-47)25-50-29-63(89)81-66-58(50)18-17-54-11-5-10-53-16-15-49(34-80(53,54)94)71(81)99-98-44-84-64-30-61-60(37-83-64)51-27-52-33-78(43-87)73(93)82(95,70(92)72(97-78)96-62-14-6-13-59(67(66)90)65(62)69(81)91)68(52)79(61)42-75(36-55(79)28-51)40-74(35-56(75)39-86)21-22-77(41-74)32-48(31-76(77)19-1-2-20-76)24-46-8-4-12-57(88)26-46/h3-4,6-9,12-14,17-18,23,26,29-30,39,48-49,51-56,66,68,70-73,83-85,87-89,92-95H,1-2,5,10-11,15-16,19-22,24-25,27-28,31-38,40-44H2. The molecule has 22 unspecified atom stereocenters. The molecule has 13 bridgehead atoms. The number of phenolic OH excluding ortho intramolecular Hbond substituents is 1. The van der Waals surface area contributed by atoms with E-state index in [-0.39, 0.29) is 99.8 Å². The Morgan fingerprint density at radius 3 is 2.40 bits per heavy atom. The molecule has 524 valence electrons. The SMILES string of the molecule is O=CC1CC2(CCC3(CC(Cc4cccc(O)c4)CC34CCCC4)C2)CC12CC1CC3CC4CC5(CO)OC6Oc7cccc8c7C(=O)C79C(O)=CC(Cc%10cccc(CO)c%10)=C(C=CC%10CCCC%11CCC(CC%10%11O)C7SSCNC7=CC(=C3CN7)C1(C2)C4C(O)(C6O)C5O)C9C8=O. The number of rotatable bonds is 7. The third kappa shape index (κ3) is 8.86. The number of aliphatic hydroxyl groups excluding tert-OH is 5. The third-order valence-corrected chi connectivity index (χ3v) is 33.7. The van der Waals surface area contributed by atoms with Gasteiger partial charge in [-0.1, -0.05) is 102 Å². The summed E-state index contributed by atoms with van der Waals surface area (Å²) in [5.41, 5.74) is -2.00. The first-order chi connectivity index (χ1) is 47.8. The molecule has 20 rings (SSSR count). The molecule has 15 nitrogen and oxygen atoms in total. The van der Waals surface area contributed by atoms with Crippen LogP contribution in [0.1, 0.15) is 179 Å². The first kappa shape index (κ1) is 64.6. The van der Waals surface area contributed by atoms with Crippen molar-refractivity contribution in [2.24, 2.45) is 91.7 Å². The van der Waals surface area contributed by atoms with Crippen molar-refractivity contribution in [3.8, 4) is 11.5 Å². The normalized spacial score (nSPS) is 45.4. The number of allylic oxidation sites excluding steroid dienone is 7. The minimum atomic E-state index is -2.40. The highest BCUT2D eigenvalue weighted by Crippen LogP contribution is 2.82. The Bertz CT molecular complexity index is 4080. The molecule has 17 heteroatoms. The molecule has 3 heterocycles. The number of nitrogens with one attached hydrogen (secondary N) is 2. The Morgan fingerprint density at radius 2 is 1.58 bits per heavy atom. The molecular formula is C82H96N2O13S2. The maximum absolute atomic E-state index is 17.2. The predicted octanol–water partition coefficient (Wildman–Crippen LogP) is 11.8. The lowest BCUT2D eigenvalue weighted by atomic mass is 9.46. The van der Waals surface area contributed by atoms with E-state index in [9.17, 15) is 45.6 Å². The lowest BCUT2D eigenvalue weighted by Crippen LogP contribution is -2.81. The van der Waals surface area contributed by atoms with Gasteiger partial charge in [0, 0.05) is 40.5 Å². The molecule has 99 heavy (non-hydrogen) atoms. The van der Waals surface area contributed by atoms with Crippen LogP contribution in [-0.4, -0.2) is 118 Å². The summed E-state index contributed by atoms with van der Waals surface area (Å²) in [7, 11) is 3.03. The number of ketones is 2. The maximum atomic E-state index is 17.2. The summed E-state index contributed by atoms with van der Waals surface area (Å²) >= 11 is 0. The Labute approximate surface area is 587 Å². The molecule has 0 radical (unpaired) electrons. The van der Waals surface area contributed by atoms with E-state index in [0.717, 1.165) is 94.0 Å². The van der Waals surface area contributed by atoms with Gasteiger partial charge in [0.2, 0.25) is 6.29 Å². The molecule has 0 aromatic heterocycles. The number of ether oxygens (including phenoxy) is 2. The van der Waals surface area contributed by atoms with Crippen molar-refractivity contribution < 1.29 is 64.7 Å². The summed E-state index contributed by atoms with van der Waals surface area (Å²) in [6.07, 6.45) is 24.5. The van der Waals surface area contributed by atoms with Gasteiger partial charge < -0.3 is 65.8 Å². The van der Waals surface area contributed by atoms with Crippen LogP contribution < -0.4 is 15.4 Å². The topological polar surface area (TPSA) is 256 Å². The molecule has 17 aliphatic rings. The first-order valence-corrected chi connectivity index (χ1v) is 40.1. The van der Waals surface area contributed by atoms with Gasteiger partial charge in [0.1, 0.15) is 52.4 Å². The van der Waals surface area contributed by atoms with Crippen LogP contribution in [0.3, 0.4) is 0 Å². The van der Waals surface area contributed by atoms with Gasteiger partial charge in [-0.2, -0.15) is 0 Å². The maximum Gasteiger partial charge on any atom is 0.229 e. The van der Waals surface area contributed by atoms with Crippen molar-refractivity contribution in [3.05, 3.63) is 153 Å². The van der Waals surface area contributed by atoms with Crippen LogP contribution in [0.15, 0.2) is 125 Å². The highest BCUT2D eigenvalue weighted by Gasteiger charge is 2.80. The summed E-state index contributed by atoms with van der Waals surface area (Å²) < 4.78 is 14.1. The second kappa shape index (κ2) is 22.6. The number of benzene rings is 3. The molecule has 3 aromatic carbocycles. The van der Waals surface area contributed by atoms with Gasteiger partial charge in [-0.15, -0.1) is 0 Å². The van der Waals surface area contributed by atoms with Crippen LogP contribution >= 0.6 is 21.6 Å². The monoisotopic (exact) mass is 1380 g/mol. The molecule has 0 amide bonds. The number of hydrogen-bond donors (Lipinski definition) is 10. The van der Waals surface area contributed by atoms with E-state index in [1.54, 1.807) is 30.3 Å². The minimum absolute atomic E-state index is 0.0152. The van der Waals surface area contributed by atoms with Gasteiger partial charge >= 0.3 is 0 Å². The molecule has 10 N–H and O–H groups in total. The summed E-state index contributed by atoms with van der Waals surface area (Å²) in [6, 6.07) is 20.3. The van der Waals surface area contributed by atoms with Crippen LogP contribution in [0, 0.1) is 91.7 Å². The van der Waals surface area contributed by atoms with E-state index in [1.807, 2.05) is 42.5 Å². The van der Waals surface area contributed by atoms with E-state index in [4.69, 9.17) is 9.47 Å². The molecule has 14 aliphatic carbocycles. The average molecular weight is 1380 g/mol. The minimum Gasteiger partial charge on any atom is -0.511 e. The Morgan fingerprint density at radius 1 is 0.758 bits per heavy atom. The fourth-order valence-corrected chi connectivity index (χ4v) is 30.8. The van der Waals surface area contributed by atoms with Gasteiger partial charge in [-0.3, -0.25) is 9.59 Å². The number of aldehydes is 1. The molecule has 1 saturated heterocycles. The molecule has 6 spiro atoms. The smallest absolute Gasteiger partial charge is 0.229 e. The first-order valence-electron chi connectivity index (χ1n) is 37.7. The molecule has 9 saturated carbocycles. The Hall–Kier alpha value is -5.21. The number of dihydropyridines is 1. The van der Waals surface area contributed by atoms with Gasteiger partial charge in [-0.05, 0) is 261 Å². The van der Waals surface area contributed by atoms with Crippen molar-refractivity contribution in [2.75, 3.05) is 19.0 Å². The number of phenols is 1. The lowest BCUT2D eigenvalue weighted by molar-refractivity contribution is -0.392. The molecule has 22 atom stereocenters. The number of hydrogen-bond acceptors (Lipinski definition) is 17. The van der Waals surface area contributed by atoms with Crippen molar-refractivity contribution in [1.29, 1.82) is 0 Å². The van der Waals surface area contributed by atoms with E-state index >= 15 is 9.59 Å². The second-order valence-electron chi connectivity index (χ2n) is 35.1. The van der Waals surface area contributed by atoms with Gasteiger partial charge in [0.15, 0.2) is 11.6 Å². The van der Waals surface area contributed by atoms with E-state index < -0.39 is 86.8 Å². The van der Waals surface area contributed by atoms with E-state index in [0.29, 0.717) is 72.9 Å². The van der Waals surface area contributed by atoms with Crippen molar-refractivity contribution in [1.82, 2.24) is 10.6 Å². The fraction of sp³-hybridized carbons (Fsp3) is 0.622. The van der Waals surface area contributed by atoms with E-state index in [1.165, 1.54) is 71.1 Å². The Balaban J connectivity index is 0.746. The predicted molar refractivity (Wildman–Crippen MR) is 374 cm³/mol. The van der Waals surface area contributed by atoms with Crippen molar-refractivity contribution >= 4 is 39.4 Å². The summed E-state index contributed by atoms with van der Waals surface area (Å²) in [5, 5.41) is 108. The molecular weight excluding hydrogens is 1290 g/mol. The zero-order chi connectivity index (χ0) is 67.6. The molecule has 3 aliphatic heterocycles. The van der Waals surface area contributed by atoms with Crippen molar-refractivity contribution in [3.63, 3.8) is 0 Å². The van der Waals surface area contributed by atoms with Crippen LogP contribution in [-0.2, 0) is 29.0 Å². The van der Waals surface area contributed by atoms with Gasteiger partial charge in [-0.25, -0.2) is 0 Å². The highest BCUT2D eigenvalue weighted by atomic mass is 33.1. The van der Waals surface area contributed by atoms with Crippen molar-refractivity contribution in [2.45, 2.75) is 201 Å². The highest BCUT2D eigenvalue weighted by molar-refractivity contribution is 8.77. The number of carbonyl (C=O) groups is 3. The largest absolute Gasteiger partial charge is 0.511 e. The van der Waals surface area contributed by atoms with Crippen LogP contribution in [0.5, 0.6) is 11.5 Å². The zero-order valence-corrected chi connectivity index (χ0v) is 58.2. The second-order valence-corrected chi connectivity index (χ2v) is 37.6. The Kier molecular flexibility index (Phi) is 14.8. The zero-order valence-electron chi connectivity index (χ0n) is 56.6. The number of fused-ring (bicyclic) bond motifs is 5. The average Bonchev–Trinajstić information content (AvgIpc) is 1.57. The van der Waals surface area contributed by atoms with Crippen LogP contribution in [0.4, 0.5) is 0 Å². The number of carbonyl (C=O) groups excluding carboxylic acids is 3. The quantitative estimate of drug-likeness (QED) is 0.0779. The third-order valence-electron chi connectivity index (χ3n) is 31.0. The lowest BCUT2D eigenvalue weighted by Gasteiger charge is -2.65.